The lowest BCUT2D eigenvalue weighted by Crippen LogP contribution is -2.26. The van der Waals surface area contributed by atoms with Gasteiger partial charge in [0.1, 0.15) is 5.75 Å². The molecule has 0 radical (unpaired) electrons. The first-order valence-corrected chi connectivity index (χ1v) is 7.86. The van der Waals surface area contributed by atoms with Crippen molar-refractivity contribution in [3.63, 3.8) is 0 Å². The number of aliphatic carboxylic acids is 1. The number of rotatable bonds is 8. The van der Waals surface area contributed by atoms with Gasteiger partial charge in [0.2, 0.25) is 0 Å². The molecule has 6 heteroatoms. The van der Waals surface area contributed by atoms with Gasteiger partial charge in [-0.15, -0.1) is 0 Å². The lowest BCUT2D eigenvalue weighted by atomic mass is 10.1. The highest BCUT2D eigenvalue weighted by atomic mass is 16.5. The highest BCUT2D eigenvalue weighted by Gasteiger charge is 2.08. The topological polar surface area (TPSA) is 88.0 Å². The maximum atomic E-state index is 11.9. The van der Waals surface area contributed by atoms with Crippen LogP contribution in [0.4, 0.5) is 0 Å². The highest BCUT2D eigenvalue weighted by molar-refractivity contribution is 6.02. The van der Waals surface area contributed by atoms with E-state index in [1.807, 2.05) is 49.4 Å². The number of carbonyl (C=O) groups is 2. The van der Waals surface area contributed by atoms with Crippen LogP contribution in [0, 0.1) is 6.92 Å². The second-order valence-electron chi connectivity index (χ2n) is 5.45. The Kier molecular flexibility index (Phi) is 6.71. The van der Waals surface area contributed by atoms with Crippen molar-refractivity contribution in [1.82, 2.24) is 5.43 Å². The fraction of sp³-hybridized carbons (Fsp3) is 0.211. The van der Waals surface area contributed by atoms with E-state index in [9.17, 15) is 9.59 Å². The monoisotopic (exact) mass is 340 g/mol. The van der Waals surface area contributed by atoms with Crippen LogP contribution in [0.25, 0.3) is 0 Å². The van der Waals surface area contributed by atoms with Gasteiger partial charge in [0.25, 0.3) is 5.91 Å². The van der Waals surface area contributed by atoms with Crippen LogP contribution in [0.2, 0.25) is 0 Å². The van der Waals surface area contributed by atoms with Gasteiger partial charge in [0, 0.05) is 6.42 Å². The van der Waals surface area contributed by atoms with E-state index in [0.717, 1.165) is 11.1 Å². The van der Waals surface area contributed by atoms with Crippen LogP contribution < -0.4 is 10.2 Å². The SMILES string of the molecule is Cc1ccc(OCC(=O)NN=C(CCC(=O)O)c2ccccc2)cc1. The smallest absolute Gasteiger partial charge is 0.303 e. The Morgan fingerprint density at radius 1 is 1.04 bits per heavy atom. The predicted molar refractivity (Wildman–Crippen MR) is 94.7 cm³/mol. The van der Waals surface area contributed by atoms with Gasteiger partial charge >= 0.3 is 5.97 Å². The van der Waals surface area contributed by atoms with Crippen molar-refractivity contribution in [1.29, 1.82) is 0 Å². The van der Waals surface area contributed by atoms with Crippen molar-refractivity contribution in [3.8, 4) is 5.75 Å². The van der Waals surface area contributed by atoms with Crippen LogP contribution in [0.1, 0.15) is 24.0 Å². The molecule has 0 aromatic heterocycles. The number of aryl methyl sites for hydroxylation is 1. The fourth-order valence-electron chi connectivity index (χ4n) is 2.07. The van der Waals surface area contributed by atoms with Gasteiger partial charge in [0.15, 0.2) is 6.61 Å². The number of amides is 1. The van der Waals surface area contributed by atoms with Crippen LogP contribution in [0.3, 0.4) is 0 Å². The number of carboxylic acids is 1. The molecule has 6 nitrogen and oxygen atoms in total. The van der Waals surface area contributed by atoms with Gasteiger partial charge < -0.3 is 9.84 Å². The van der Waals surface area contributed by atoms with Gasteiger partial charge in [-0.3, -0.25) is 9.59 Å². The molecule has 0 aliphatic rings. The predicted octanol–water partition coefficient (Wildman–Crippen LogP) is 2.76. The molecule has 0 fully saturated rings. The number of nitrogens with one attached hydrogen (secondary N) is 1. The molecular formula is C19H20N2O4. The van der Waals surface area contributed by atoms with Crippen LogP contribution >= 0.6 is 0 Å². The minimum absolute atomic E-state index is 0.0660. The Labute approximate surface area is 146 Å². The maximum absolute atomic E-state index is 11.9. The van der Waals surface area contributed by atoms with E-state index in [1.165, 1.54) is 0 Å². The summed E-state index contributed by atoms with van der Waals surface area (Å²) in [6.07, 6.45) is 0.155. The maximum Gasteiger partial charge on any atom is 0.303 e. The number of hydrazone groups is 1. The van der Waals surface area contributed by atoms with Crippen molar-refractivity contribution in [2.75, 3.05) is 6.61 Å². The van der Waals surface area contributed by atoms with Gasteiger partial charge in [-0.25, -0.2) is 5.43 Å². The first-order valence-electron chi connectivity index (χ1n) is 7.86. The lowest BCUT2D eigenvalue weighted by molar-refractivity contribution is -0.136. The molecule has 0 heterocycles. The van der Waals surface area contributed by atoms with E-state index >= 15 is 0 Å². The summed E-state index contributed by atoms with van der Waals surface area (Å²) in [6.45, 7) is 1.79. The summed E-state index contributed by atoms with van der Waals surface area (Å²) in [7, 11) is 0. The molecule has 0 aliphatic carbocycles. The third-order valence-electron chi connectivity index (χ3n) is 3.39. The quantitative estimate of drug-likeness (QED) is 0.571. The average Bonchev–Trinajstić information content (AvgIpc) is 2.62. The zero-order valence-corrected chi connectivity index (χ0v) is 13.9. The van der Waals surface area contributed by atoms with E-state index in [1.54, 1.807) is 12.1 Å². The van der Waals surface area contributed by atoms with Crippen LogP contribution in [0.5, 0.6) is 5.75 Å². The minimum atomic E-state index is -0.919. The van der Waals surface area contributed by atoms with E-state index < -0.39 is 11.9 Å². The summed E-state index contributed by atoms with van der Waals surface area (Å²) in [5, 5.41) is 12.9. The van der Waals surface area contributed by atoms with Crippen molar-refractivity contribution >= 4 is 17.6 Å². The van der Waals surface area contributed by atoms with Gasteiger partial charge in [0.05, 0.1) is 12.1 Å². The highest BCUT2D eigenvalue weighted by Crippen LogP contribution is 2.11. The van der Waals surface area contributed by atoms with Crippen molar-refractivity contribution < 1.29 is 19.4 Å². The zero-order chi connectivity index (χ0) is 18.1. The molecule has 1 amide bonds. The van der Waals surface area contributed by atoms with Gasteiger partial charge in [-0.1, -0.05) is 48.0 Å². The second kappa shape index (κ2) is 9.22. The standard InChI is InChI=1S/C19H20N2O4/c1-14-7-9-16(10-8-14)25-13-18(22)21-20-17(11-12-19(23)24)15-5-3-2-4-6-15/h2-10H,11-13H2,1H3,(H,21,22)(H,23,24). The van der Waals surface area contributed by atoms with Gasteiger partial charge in [-0.05, 0) is 24.6 Å². The number of ether oxygens (including phenoxy) is 1. The number of benzene rings is 2. The molecule has 0 saturated carbocycles. The second-order valence-corrected chi connectivity index (χ2v) is 5.45. The van der Waals surface area contributed by atoms with E-state index in [-0.39, 0.29) is 19.4 Å². The molecule has 2 N–H and O–H groups in total. The Morgan fingerprint density at radius 3 is 2.36 bits per heavy atom. The molecule has 0 spiro atoms. The van der Waals surface area contributed by atoms with Crippen molar-refractivity contribution in [2.24, 2.45) is 5.10 Å². The molecule has 2 rings (SSSR count). The first-order chi connectivity index (χ1) is 12.0. The normalized spacial score (nSPS) is 11.0. The minimum Gasteiger partial charge on any atom is -0.484 e. The Morgan fingerprint density at radius 2 is 1.72 bits per heavy atom. The third-order valence-corrected chi connectivity index (χ3v) is 3.39. The largest absolute Gasteiger partial charge is 0.484 e. The zero-order valence-electron chi connectivity index (χ0n) is 13.9. The molecule has 2 aromatic rings. The lowest BCUT2D eigenvalue weighted by Gasteiger charge is -2.08. The van der Waals surface area contributed by atoms with Gasteiger partial charge in [-0.2, -0.15) is 5.10 Å². The Hall–Kier alpha value is -3.15. The number of carboxylic acid groups (broad SMARTS) is 1. The third kappa shape index (κ3) is 6.47. The summed E-state index contributed by atoms with van der Waals surface area (Å²) in [6, 6.07) is 16.5. The summed E-state index contributed by atoms with van der Waals surface area (Å²) < 4.78 is 5.38. The number of carbonyl (C=O) groups excluding carboxylic acids is 1. The van der Waals surface area contributed by atoms with Crippen molar-refractivity contribution in [2.45, 2.75) is 19.8 Å². The first kappa shape index (κ1) is 18.2. The van der Waals surface area contributed by atoms with E-state index in [0.29, 0.717) is 11.5 Å². The average molecular weight is 340 g/mol. The molecule has 0 atom stereocenters. The Balaban J connectivity index is 1.95. The van der Waals surface area contributed by atoms with Crippen LogP contribution in [-0.4, -0.2) is 29.3 Å². The summed E-state index contributed by atoms with van der Waals surface area (Å²) >= 11 is 0. The number of hydrogen-bond acceptors (Lipinski definition) is 4. The fourth-order valence-corrected chi connectivity index (χ4v) is 2.07. The van der Waals surface area contributed by atoms with Crippen molar-refractivity contribution in [3.05, 3.63) is 65.7 Å². The summed E-state index contributed by atoms with van der Waals surface area (Å²) in [5.74, 6) is -0.735. The summed E-state index contributed by atoms with van der Waals surface area (Å²) in [4.78, 5) is 22.7. The molecule has 130 valence electrons. The summed E-state index contributed by atoms with van der Waals surface area (Å²) in [5.41, 5.74) is 4.80. The molecule has 25 heavy (non-hydrogen) atoms. The molecule has 0 aliphatic heterocycles. The molecule has 0 saturated heterocycles. The molecule has 2 aromatic carbocycles. The molecule has 0 bridgehead atoms. The van der Waals surface area contributed by atoms with E-state index in [2.05, 4.69) is 10.5 Å². The number of nitrogens with zero attached hydrogens (tertiary/aromatic N) is 1. The Bertz CT molecular complexity index is 740. The van der Waals surface area contributed by atoms with Crippen LogP contribution in [0.15, 0.2) is 59.7 Å². The number of hydrogen-bond donors (Lipinski definition) is 2. The molecule has 0 unspecified atom stereocenters. The van der Waals surface area contributed by atoms with E-state index in [4.69, 9.17) is 9.84 Å². The van der Waals surface area contributed by atoms with Crippen LogP contribution in [-0.2, 0) is 9.59 Å². The molecular weight excluding hydrogens is 320 g/mol.